The highest BCUT2D eigenvalue weighted by atomic mass is 32.2. The molecule has 1 aromatic rings. The molecule has 2 rings (SSSR count). The minimum Gasteiger partial charge on any atom is -0.478 e. The molecular weight excluding hydrogens is 266 g/mol. The van der Waals surface area contributed by atoms with Gasteiger partial charge in [0.05, 0.1) is 12.0 Å². The van der Waals surface area contributed by atoms with Gasteiger partial charge in [0.2, 0.25) is 5.91 Å². The molecule has 19 heavy (non-hydrogen) atoms. The molecule has 0 saturated carbocycles. The van der Waals surface area contributed by atoms with E-state index >= 15 is 0 Å². The van der Waals surface area contributed by atoms with Gasteiger partial charge < -0.3 is 10.0 Å². The number of nitrogens with zero attached hydrogens (tertiary/aromatic N) is 1. The quantitative estimate of drug-likeness (QED) is 0.876. The third kappa shape index (κ3) is 3.64. The van der Waals surface area contributed by atoms with Crippen LogP contribution in [0.15, 0.2) is 24.3 Å². The van der Waals surface area contributed by atoms with E-state index in [2.05, 4.69) is 0 Å². The Morgan fingerprint density at radius 1 is 1.26 bits per heavy atom. The van der Waals surface area contributed by atoms with Crippen molar-refractivity contribution in [3.63, 3.8) is 0 Å². The Balaban J connectivity index is 2.00. The number of carboxylic acids is 1. The Morgan fingerprint density at radius 3 is 2.58 bits per heavy atom. The van der Waals surface area contributed by atoms with Crippen LogP contribution in [0, 0.1) is 0 Å². The minimum atomic E-state index is -0.998. The Bertz CT molecular complexity index is 519. The molecule has 0 spiro atoms. The van der Waals surface area contributed by atoms with Crippen molar-refractivity contribution in [1.29, 1.82) is 0 Å². The van der Waals surface area contributed by atoms with Crippen LogP contribution in [0.1, 0.15) is 15.9 Å². The van der Waals surface area contributed by atoms with Gasteiger partial charge in [0.25, 0.3) is 0 Å². The summed E-state index contributed by atoms with van der Waals surface area (Å²) in [6.45, 7) is 1.04. The van der Waals surface area contributed by atoms with Crippen LogP contribution in [-0.2, 0) is 22.0 Å². The molecule has 0 radical (unpaired) electrons. The molecule has 6 heteroatoms. The number of carbonyl (C=O) groups is 2. The Labute approximate surface area is 113 Å². The van der Waals surface area contributed by atoms with Gasteiger partial charge in [-0.25, -0.2) is 4.79 Å². The van der Waals surface area contributed by atoms with E-state index in [0.29, 0.717) is 30.2 Å². The van der Waals surface area contributed by atoms with Gasteiger partial charge in [-0.15, -0.1) is 0 Å². The van der Waals surface area contributed by atoms with Gasteiger partial charge in [-0.2, -0.15) is 0 Å². The molecule has 1 aromatic carbocycles. The Hall–Kier alpha value is -1.69. The fourth-order valence-electron chi connectivity index (χ4n) is 1.99. The highest BCUT2D eigenvalue weighted by Gasteiger charge is 2.20. The fraction of sp³-hybridized carbons (Fsp3) is 0.385. The topological polar surface area (TPSA) is 74.7 Å². The van der Waals surface area contributed by atoms with E-state index in [1.54, 1.807) is 17.0 Å². The minimum absolute atomic E-state index is 0.0424. The number of carbonyl (C=O) groups excluding carboxylic acids is 1. The largest absolute Gasteiger partial charge is 0.478 e. The lowest BCUT2D eigenvalue weighted by Gasteiger charge is -2.26. The number of carboxylic acid groups (broad SMARTS) is 1. The summed E-state index contributed by atoms with van der Waals surface area (Å²) in [5, 5.41) is 8.89. The summed E-state index contributed by atoms with van der Waals surface area (Å²) >= 11 is 0. The standard InChI is InChI=1S/C13H15NO4S/c15-12(14-4-6-19(18)7-5-14)9-10-2-1-3-11(8-10)13(16)17/h1-3,8H,4-7,9H2,(H,16,17). The number of benzene rings is 1. The van der Waals surface area contributed by atoms with Crippen molar-refractivity contribution in [3.8, 4) is 0 Å². The van der Waals surface area contributed by atoms with Crippen LogP contribution >= 0.6 is 0 Å². The summed E-state index contributed by atoms with van der Waals surface area (Å²) in [4.78, 5) is 24.6. The first-order valence-corrected chi connectivity index (χ1v) is 7.50. The number of amides is 1. The summed E-state index contributed by atoms with van der Waals surface area (Å²) in [6.07, 6.45) is 0.188. The molecule has 1 aliphatic heterocycles. The van der Waals surface area contributed by atoms with Crippen LogP contribution in [0.3, 0.4) is 0 Å². The lowest BCUT2D eigenvalue weighted by atomic mass is 10.1. The van der Waals surface area contributed by atoms with Crippen molar-refractivity contribution in [2.45, 2.75) is 6.42 Å². The second-order valence-electron chi connectivity index (χ2n) is 4.41. The normalized spacial score (nSPS) is 16.3. The Morgan fingerprint density at radius 2 is 1.95 bits per heavy atom. The lowest BCUT2D eigenvalue weighted by molar-refractivity contribution is -0.130. The van der Waals surface area contributed by atoms with E-state index < -0.39 is 16.8 Å². The summed E-state index contributed by atoms with van der Waals surface area (Å²) in [7, 11) is -0.805. The van der Waals surface area contributed by atoms with E-state index in [-0.39, 0.29) is 17.9 Å². The monoisotopic (exact) mass is 281 g/mol. The molecule has 0 aliphatic carbocycles. The number of hydrogen-bond donors (Lipinski definition) is 1. The molecule has 5 nitrogen and oxygen atoms in total. The van der Waals surface area contributed by atoms with E-state index in [1.165, 1.54) is 12.1 Å². The van der Waals surface area contributed by atoms with Crippen molar-refractivity contribution < 1.29 is 18.9 Å². The number of aromatic carboxylic acids is 1. The number of hydrogen-bond acceptors (Lipinski definition) is 3. The molecule has 1 aliphatic rings. The number of rotatable bonds is 3. The van der Waals surface area contributed by atoms with Crippen molar-refractivity contribution >= 4 is 22.7 Å². The molecule has 1 amide bonds. The second kappa shape index (κ2) is 5.97. The van der Waals surface area contributed by atoms with Gasteiger partial charge in [0.15, 0.2) is 0 Å². The first kappa shape index (κ1) is 13.7. The molecule has 1 N–H and O–H groups in total. The second-order valence-corrected chi connectivity index (χ2v) is 6.11. The van der Waals surface area contributed by atoms with E-state index in [9.17, 15) is 13.8 Å². The zero-order chi connectivity index (χ0) is 13.8. The van der Waals surface area contributed by atoms with Crippen LogP contribution in [0.5, 0.6) is 0 Å². The Kier molecular flexibility index (Phi) is 4.31. The maximum atomic E-state index is 12.0. The van der Waals surface area contributed by atoms with Crippen molar-refractivity contribution in [1.82, 2.24) is 4.90 Å². The summed E-state index contributed by atoms with van der Waals surface area (Å²) in [5.74, 6) is 0.0175. The summed E-state index contributed by atoms with van der Waals surface area (Å²) < 4.78 is 11.2. The van der Waals surface area contributed by atoms with Gasteiger partial charge in [-0.1, -0.05) is 12.1 Å². The van der Waals surface area contributed by atoms with Crippen LogP contribution in [0.2, 0.25) is 0 Å². The van der Waals surface area contributed by atoms with Gasteiger partial charge in [-0.05, 0) is 17.7 Å². The predicted octanol–water partition coefficient (Wildman–Crippen LogP) is 0.518. The van der Waals surface area contributed by atoms with E-state index in [0.717, 1.165) is 0 Å². The molecular formula is C13H15NO4S. The van der Waals surface area contributed by atoms with Crippen LogP contribution in [-0.4, -0.2) is 50.7 Å². The highest BCUT2D eigenvalue weighted by Crippen LogP contribution is 2.09. The van der Waals surface area contributed by atoms with E-state index in [1.807, 2.05) is 0 Å². The van der Waals surface area contributed by atoms with Crippen molar-refractivity contribution in [2.75, 3.05) is 24.6 Å². The molecule has 0 atom stereocenters. The van der Waals surface area contributed by atoms with Gasteiger partial charge in [-0.3, -0.25) is 9.00 Å². The molecule has 0 bridgehead atoms. The van der Waals surface area contributed by atoms with Crippen LogP contribution in [0.25, 0.3) is 0 Å². The van der Waals surface area contributed by atoms with Crippen LogP contribution in [0.4, 0.5) is 0 Å². The fourth-order valence-corrected chi connectivity index (χ4v) is 3.04. The molecule has 102 valence electrons. The van der Waals surface area contributed by atoms with Crippen molar-refractivity contribution in [2.24, 2.45) is 0 Å². The van der Waals surface area contributed by atoms with Gasteiger partial charge in [0, 0.05) is 35.4 Å². The molecule has 0 aromatic heterocycles. The first-order chi connectivity index (χ1) is 9.06. The van der Waals surface area contributed by atoms with Gasteiger partial charge in [0.1, 0.15) is 0 Å². The summed E-state index contributed by atoms with van der Waals surface area (Å²) in [5.41, 5.74) is 0.877. The summed E-state index contributed by atoms with van der Waals surface area (Å²) in [6, 6.07) is 6.40. The maximum Gasteiger partial charge on any atom is 0.335 e. The van der Waals surface area contributed by atoms with E-state index in [4.69, 9.17) is 5.11 Å². The maximum absolute atomic E-state index is 12.0. The third-order valence-electron chi connectivity index (χ3n) is 3.06. The van der Waals surface area contributed by atoms with Crippen LogP contribution < -0.4 is 0 Å². The highest BCUT2D eigenvalue weighted by molar-refractivity contribution is 7.85. The zero-order valence-electron chi connectivity index (χ0n) is 10.4. The molecule has 1 saturated heterocycles. The zero-order valence-corrected chi connectivity index (χ0v) is 11.2. The third-order valence-corrected chi connectivity index (χ3v) is 4.34. The van der Waals surface area contributed by atoms with Gasteiger partial charge >= 0.3 is 5.97 Å². The predicted molar refractivity (Wildman–Crippen MR) is 71.6 cm³/mol. The molecule has 0 unspecified atom stereocenters. The lowest BCUT2D eigenvalue weighted by Crippen LogP contribution is -2.42. The average Bonchev–Trinajstić information content (AvgIpc) is 2.39. The SMILES string of the molecule is O=C(O)c1cccc(CC(=O)N2CCS(=O)CC2)c1. The molecule has 1 fully saturated rings. The van der Waals surface area contributed by atoms with Crippen molar-refractivity contribution in [3.05, 3.63) is 35.4 Å². The molecule has 1 heterocycles. The average molecular weight is 281 g/mol. The smallest absolute Gasteiger partial charge is 0.335 e. The first-order valence-electron chi connectivity index (χ1n) is 6.01.